The van der Waals surface area contributed by atoms with Gasteiger partial charge in [-0.3, -0.25) is 0 Å². The van der Waals surface area contributed by atoms with E-state index in [1.165, 1.54) is 0 Å². The molecule has 0 saturated carbocycles. The molecule has 2 rings (SSSR count). The van der Waals surface area contributed by atoms with Gasteiger partial charge in [-0.05, 0) is 74.6 Å². The van der Waals surface area contributed by atoms with Crippen LogP contribution in [0.15, 0.2) is 24.0 Å². The van der Waals surface area contributed by atoms with E-state index in [1.807, 2.05) is 39.8 Å². The Morgan fingerprint density at radius 2 is 1.82 bits per heavy atom. The molecule has 0 amide bonds. The van der Waals surface area contributed by atoms with Crippen molar-refractivity contribution < 1.29 is 24.9 Å². The first kappa shape index (κ1) is 28.6. The number of allylic oxidation sites excluding steroid dienone is 2. The second-order valence-electron chi connectivity index (χ2n) is 9.35. The van der Waals surface area contributed by atoms with Gasteiger partial charge >= 0.3 is 0 Å². The Kier molecular flexibility index (Phi) is 12.1. The summed E-state index contributed by atoms with van der Waals surface area (Å²) in [5, 5.41) is 30.4. The molecule has 7 nitrogen and oxygen atoms in total. The fourth-order valence-electron chi connectivity index (χ4n) is 4.21. The highest BCUT2D eigenvalue weighted by Gasteiger charge is 2.28. The topological polar surface area (TPSA) is 102 Å². The lowest BCUT2D eigenvalue weighted by Gasteiger charge is -2.30. The van der Waals surface area contributed by atoms with E-state index in [0.29, 0.717) is 24.4 Å². The number of rotatable bonds is 12. The first-order chi connectivity index (χ1) is 15.6. The third kappa shape index (κ3) is 9.52. The second-order valence-corrected chi connectivity index (χ2v) is 9.35. The predicted molar refractivity (Wildman–Crippen MR) is 132 cm³/mol. The minimum Gasteiger partial charge on any atom is -0.513 e. The maximum absolute atomic E-state index is 11.0. The molecule has 0 bridgehead atoms. The summed E-state index contributed by atoms with van der Waals surface area (Å²) in [5.74, 6) is 1.35. The number of aromatic hydroxyl groups is 1. The van der Waals surface area contributed by atoms with E-state index in [9.17, 15) is 20.3 Å². The van der Waals surface area contributed by atoms with E-state index < -0.39 is 5.09 Å². The zero-order valence-corrected chi connectivity index (χ0v) is 21.2. The summed E-state index contributed by atoms with van der Waals surface area (Å²) in [6.45, 7) is 12.4. The first-order valence-electron chi connectivity index (χ1n) is 12.3. The van der Waals surface area contributed by atoms with Crippen LogP contribution in [-0.2, 0) is 10.3 Å². The minimum atomic E-state index is -0.749. The molecule has 0 aliphatic heterocycles. The third-order valence-corrected chi connectivity index (χ3v) is 5.92. The third-order valence-electron chi connectivity index (χ3n) is 5.92. The van der Waals surface area contributed by atoms with Gasteiger partial charge in [-0.25, -0.2) is 0 Å². The van der Waals surface area contributed by atoms with E-state index >= 15 is 0 Å². The van der Waals surface area contributed by atoms with Crippen LogP contribution in [0.5, 0.6) is 11.5 Å². The van der Waals surface area contributed by atoms with Crippen LogP contribution in [0.2, 0.25) is 0 Å². The van der Waals surface area contributed by atoms with Crippen LogP contribution in [0, 0.1) is 10.1 Å². The van der Waals surface area contributed by atoms with E-state index in [-0.39, 0.29) is 29.8 Å². The molecule has 7 heteroatoms. The molecule has 0 spiro atoms. The number of hydrogen-bond donors (Lipinski definition) is 2. The molecule has 0 radical (unpaired) electrons. The summed E-state index contributed by atoms with van der Waals surface area (Å²) in [4.78, 5) is 14.5. The molecule has 1 aromatic carbocycles. The maximum Gasteiger partial charge on any atom is 0.294 e. The molecule has 0 aromatic heterocycles. The Morgan fingerprint density at radius 3 is 2.42 bits per heavy atom. The second kappa shape index (κ2) is 14.0. The lowest BCUT2D eigenvalue weighted by atomic mass is 9.77. The zero-order chi connectivity index (χ0) is 25.0. The molecule has 0 saturated heterocycles. The van der Waals surface area contributed by atoms with Crippen molar-refractivity contribution in [2.45, 2.75) is 110 Å². The summed E-state index contributed by atoms with van der Waals surface area (Å²) >= 11 is 0. The van der Waals surface area contributed by atoms with Gasteiger partial charge in [0.15, 0.2) is 0 Å². The van der Waals surface area contributed by atoms with Gasteiger partial charge in [0.05, 0.1) is 18.5 Å². The number of ether oxygens (including phenoxy) is 1. The van der Waals surface area contributed by atoms with Gasteiger partial charge in [-0.2, -0.15) is 0 Å². The van der Waals surface area contributed by atoms with Crippen LogP contribution in [0.25, 0.3) is 0 Å². The normalized spacial score (nSPS) is 16.0. The number of aliphatic hydroxyl groups is 1. The highest BCUT2D eigenvalue weighted by molar-refractivity contribution is 5.51. The molecule has 1 atom stereocenters. The van der Waals surface area contributed by atoms with Gasteiger partial charge in [0.1, 0.15) is 11.5 Å². The lowest BCUT2D eigenvalue weighted by molar-refractivity contribution is -0.757. The number of phenols is 1. The number of nitrogens with zero attached hydrogens (tertiary/aromatic N) is 1. The molecular formula is C26H43NO6. The molecule has 1 aliphatic carbocycles. The maximum atomic E-state index is 11.0. The Morgan fingerprint density at radius 1 is 1.15 bits per heavy atom. The van der Waals surface area contributed by atoms with Crippen molar-refractivity contribution in [3.8, 4) is 11.5 Å². The molecule has 2 N–H and O–H groups in total. The summed E-state index contributed by atoms with van der Waals surface area (Å²) < 4.78 is 6.11. The molecular weight excluding hydrogens is 422 g/mol. The van der Waals surface area contributed by atoms with Crippen molar-refractivity contribution in [2.24, 2.45) is 0 Å². The Labute approximate surface area is 198 Å². The lowest BCUT2D eigenvalue weighted by Crippen LogP contribution is -2.19. The summed E-state index contributed by atoms with van der Waals surface area (Å²) in [6.07, 6.45) is 8.43. The van der Waals surface area contributed by atoms with E-state index in [1.54, 1.807) is 0 Å². The SMILES string of the molecule is CC.CC(C)Oc1cc(C(C)(C)CCCCCCO[N+](=O)[O-])cc(O)c1C1CCC=C(O)C1. The van der Waals surface area contributed by atoms with Crippen molar-refractivity contribution in [3.63, 3.8) is 0 Å². The van der Waals surface area contributed by atoms with Crippen molar-refractivity contribution in [1.29, 1.82) is 0 Å². The number of aliphatic hydroxyl groups excluding tert-OH is 1. The molecule has 1 unspecified atom stereocenters. The van der Waals surface area contributed by atoms with Crippen LogP contribution < -0.4 is 4.74 Å². The fraction of sp³-hybridized carbons (Fsp3) is 0.692. The predicted octanol–water partition coefficient (Wildman–Crippen LogP) is 7.35. The molecule has 33 heavy (non-hydrogen) atoms. The molecule has 0 fully saturated rings. The number of phenolic OH excluding ortho intramolecular Hbond substituents is 1. The summed E-state index contributed by atoms with van der Waals surface area (Å²) in [7, 11) is 0. The highest BCUT2D eigenvalue weighted by atomic mass is 16.9. The van der Waals surface area contributed by atoms with Gasteiger partial charge in [-0.15, -0.1) is 10.1 Å². The number of unbranched alkanes of at least 4 members (excludes halogenated alkanes) is 3. The van der Waals surface area contributed by atoms with Crippen LogP contribution in [0.1, 0.15) is 110 Å². The molecule has 188 valence electrons. The fourth-order valence-corrected chi connectivity index (χ4v) is 4.21. The van der Waals surface area contributed by atoms with Crippen molar-refractivity contribution in [3.05, 3.63) is 45.2 Å². The minimum absolute atomic E-state index is 0.0226. The number of hydrogen-bond acceptors (Lipinski definition) is 6. The largest absolute Gasteiger partial charge is 0.513 e. The highest BCUT2D eigenvalue weighted by Crippen LogP contribution is 2.45. The standard InChI is InChI=1S/C24H37NO6.C2H6/c1-17(2)31-22-16-19(15-21(27)23(22)18-10-9-11-20(26)14-18)24(3,4)12-7-5-6-8-13-30-25(28)29;1-2/h11,15-18,26-27H,5-10,12-14H2,1-4H3;1-2H3. The van der Waals surface area contributed by atoms with Gasteiger partial charge < -0.3 is 19.8 Å². The molecule has 0 heterocycles. The van der Waals surface area contributed by atoms with Crippen LogP contribution in [0.4, 0.5) is 0 Å². The Bertz CT molecular complexity index is 772. The average Bonchev–Trinajstić information content (AvgIpc) is 2.73. The smallest absolute Gasteiger partial charge is 0.294 e. The van der Waals surface area contributed by atoms with Gasteiger partial charge in [0, 0.05) is 12.0 Å². The van der Waals surface area contributed by atoms with Crippen molar-refractivity contribution in [1.82, 2.24) is 0 Å². The van der Waals surface area contributed by atoms with Crippen molar-refractivity contribution in [2.75, 3.05) is 6.61 Å². The Balaban J connectivity index is 0.00000265. The molecule has 1 aliphatic rings. The van der Waals surface area contributed by atoms with Crippen LogP contribution >= 0.6 is 0 Å². The molecule has 1 aromatic rings. The van der Waals surface area contributed by atoms with Gasteiger partial charge in [0.25, 0.3) is 5.09 Å². The van der Waals surface area contributed by atoms with Gasteiger partial charge in [-0.1, -0.05) is 47.0 Å². The van der Waals surface area contributed by atoms with Crippen LogP contribution in [-0.4, -0.2) is 28.0 Å². The quantitative estimate of drug-likeness (QED) is 0.190. The number of benzene rings is 1. The van der Waals surface area contributed by atoms with E-state index in [4.69, 9.17) is 4.74 Å². The summed E-state index contributed by atoms with van der Waals surface area (Å²) in [6, 6.07) is 3.90. The monoisotopic (exact) mass is 465 g/mol. The zero-order valence-electron chi connectivity index (χ0n) is 21.2. The summed E-state index contributed by atoms with van der Waals surface area (Å²) in [5.41, 5.74) is 1.66. The van der Waals surface area contributed by atoms with E-state index in [0.717, 1.165) is 49.7 Å². The van der Waals surface area contributed by atoms with Crippen molar-refractivity contribution >= 4 is 0 Å². The van der Waals surface area contributed by atoms with E-state index in [2.05, 4.69) is 24.8 Å². The van der Waals surface area contributed by atoms with Crippen LogP contribution in [0.3, 0.4) is 0 Å². The first-order valence-corrected chi connectivity index (χ1v) is 12.3. The Hall–Kier alpha value is -2.44. The van der Waals surface area contributed by atoms with Gasteiger partial charge in [0.2, 0.25) is 0 Å². The average molecular weight is 466 g/mol.